The van der Waals surface area contributed by atoms with Crippen LogP contribution in [0.2, 0.25) is 13.1 Å². The summed E-state index contributed by atoms with van der Waals surface area (Å²) < 4.78 is 16.0. The molecule has 0 saturated carbocycles. The molecule has 2 nitrogen and oxygen atoms in total. The second-order valence-corrected chi connectivity index (χ2v) is 9.85. The fourth-order valence-electron chi connectivity index (χ4n) is 1.98. The molecule has 0 radical (unpaired) electrons. The van der Waals surface area contributed by atoms with Crippen LogP contribution in [0, 0.1) is 5.92 Å². The van der Waals surface area contributed by atoms with Gasteiger partial charge in [-0.25, -0.2) is 0 Å². The third-order valence-electron chi connectivity index (χ3n) is 2.94. The van der Waals surface area contributed by atoms with Gasteiger partial charge in [-0.2, -0.15) is 0 Å². The largest absolute Gasteiger partial charge is 0.591 e. The molecule has 0 saturated heterocycles. The van der Waals surface area contributed by atoms with Crippen molar-refractivity contribution in [1.82, 2.24) is 0 Å². The summed E-state index contributed by atoms with van der Waals surface area (Å²) in [6.07, 6.45) is 4.61. The Bertz CT molecular complexity index is 472. The molecule has 1 atom stereocenters. The molecule has 1 unspecified atom stereocenters. The van der Waals surface area contributed by atoms with E-state index in [4.69, 9.17) is 0 Å². The van der Waals surface area contributed by atoms with Crippen molar-refractivity contribution >= 4 is 31.6 Å². The van der Waals surface area contributed by atoms with Gasteiger partial charge in [-0.05, 0) is 17.5 Å². The fourth-order valence-corrected chi connectivity index (χ4v) is 4.25. The Balaban J connectivity index is 2.93. The zero-order chi connectivity index (χ0) is 15.1. The van der Waals surface area contributed by atoms with Gasteiger partial charge in [0.05, 0.1) is 26.4 Å². The highest BCUT2D eigenvalue weighted by Gasteiger charge is 2.10. The molecule has 20 heavy (non-hydrogen) atoms. The first-order valence-electron chi connectivity index (χ1n) is 7.10. The van der Waals surface area contributed by atoms with Crippen LogP contribution in [0.25, 0.3) is 0 Å². The van der Waals surface area contributed by atoms with Gasteiger partial charge in [0.2, 0.25) is 0 Å². The lowest BCUT2D eigenvalue weighted by Crippen LogP contribution is -2.27. The molecule has 1 aromatic rings. The average Bonchev–Trinajstić information content (AvgIpc) is 2.36. The van der Waals surface area contributed by atoms with Gasteiger partial charge < -0.3 is 4.55 Å². The lowest BCUT2D eigenvalue weighted by atomic mass is 10.1. The van der Waals surface area contributed by atoms with Crippen molar-refractivity contribution in [1.29, 1.82) is 0 Å². The van der Waals surface area contributed by atoms with E-state index in [-0.39, 0.29) is 0 Å². The van der Waals surface area contributed by atoms with Gasteiger partial charge in [0.25, 0.3) is 0 Å². The number of nitrogens with zero attached hydrogens (tertiary/aromatic N) is 1. The molecule has 110 valence electrons. The Morgan fingerprint density at radius 1 is 1.40 bits per heavy atom. The molecule has 0 aliphatic rings. The molecular weight excluding hydrogens is 282 g/mol. The van der Waals surface area contributed by atoms with Gasteiger partial charge in [0.15, 0.2) is 0 Å². The molecule has 0 N–H and O–H groups in total. The predicted octanol–water partition coefficient (Wildman–Crippen LogP) is 2.85. The Morgan fingerprint density at radius 2 is 2.10 bits per heavy atom. The molecule has 4 heteroatoms. The van der Waals surface area contributed by atoms with Crippen LogP contribution >= 0.6 is 0 Å². The van der Waals surface area contributed by atoms with Gasteiger partial charge >= 0.3 is 0 Å². The van der Waals surface area contributed by atoms with Crippen LogP contribution in [-0.4, -0.2) is 25.3 Å². The lowest BCUT2D eigenvalue weighted by Gasteiger charge is -2.11. The van der Waals surface area contributed by atoms with Crippen molar-refractivity contribution in [2.24, 2.45) is 10.3 Å². The molecule has 0 amide bonds. The highest BCUT2D eigenvalue weighted by atomic mass is 32.2. The quantitative estimate of drug-likeness (QED) is 0.330. The van der Waals surface area contributed by atoms with E-state index in [1.54, 1.807) is 6.21 Å². The Kier molecular flexibility index (Phi) is 7.27. The van der Waals surface area contributed by atoms with Crippen LogP contribution in [0.1, 0.15) is 25.0 Å². The standard InChI is InChI=1S/C16H25NOSSi/c1-6-7-14-8-9-15(16(10-14)20(4)5)11-17-19(18)12-13(2)3/h6,8-11,13,20H,1,7,12H2,2-5H3/b17-11+. The number of allylic oxidation sites excluding steroid dienone is 1. The van der Waals surface area contributed by atoms with Crippen molar-refractivity contribution < 1.29 is 4.55 Å². The van der Waals surface area contributed by atoms with Crippen molar-refractivity contribution in [2.45, 2.75) is 33.4 Å². The SMILES string of the molecule is C=CCc1ccc(/C=N/[S+]([O-])CC(C)C)c([SiH](C)C)c1. The Hall–Kier alpha value is -0.843. The zero-order valence-corrected chi connectivity index (χ0v) is 14.9. The smallest absolute Gasteiger partial charge is 0.135 e. The normalized spacial score (nSPS) is 13.3. The van der Waals surface area contributed by atoms with Crippen molar-refractivity contribution in [3.63, 3.8) is 0 Å². The van der Waals surface area contributed by atoms with E-state index < -0.39 is 20.2 Å². The van der Waals surface area contributed by atoms with Crippen molar-refractivity contribution in [3.8, 4) is 0 Å². The molecule has 0 heterocycles. The number of benzene rings is 1. The topological polar surface area (TPSA) is 35.4 Å². The van der Waals surface area contributed by atoms with E-state index >= 15 is 0 Å². The summed E-state index contributed by atoms with van der Waals surface area (Å²) in [7, 11) is -0.937. The molecule has 0 bridgehead atoms. The van der Waals surface area contributed by atoms with Crippen LogP contribution in [0.4, 0.5) is 0 Å². The maximum absolute atomic E-state index is 11.8. The van der Waals surface area contributed by atoms with Crippen molar-refractivity contribution in [3.05, 3.63) is 42.0 Å². The molecule has 0 aliphatic carbocycles. The average molecular weight is 308 g/mol. The van der Waals surface area contributed by atoms with E-state index in [0.29, 0.717) is 11.7 Å². The summed E-state index contributed by atoms with van der Waals surface area (Å²) in [6.45, 7) is 12.5. The second kappa shape index (κ2) is 8.45. The maximum Gasteiger partial charge on any atom is 0.135 e. The van der Waals surface area contributed by atoms with Crippen molar-refractivity contribution in [2.75, 3.05) is 5.75 Å². The minimum Gasteiger partial charge on any atom is -0.591 e. The summed E-state index contributed by atoms with van der Waals surface area (Å²) in [5.74, 6) is 1.03. The summed E-state index contributed by atoms with van der Waals surface area (Å²) in [4.78, 5) is 0. The fraction of sp³-hybridized carbons (Fsp3) is 0.438. The summed E-state index contributed by atoms with van der Waals surface area (Å²) in [5, 5.41) is 1.38. The predicted molar refractivity (Wildman–Crippen MR) is 94.3 cm³/mol. The Morgan fingerprint density at radius 3 is 2.65 bits per heavy atom. The summed E-state index contributed by atoms with van der Waals surface area (Å²) in [6, 6.07) is 6.46. The summed E-state index contributed by atoms with van der Waals surface area (Å²) in [5.41, 5.74) is 2.41. The van der Waals surface area contributed by atoms with Crippen LogP contribution in [0.15, 0.2) is 35.3 Å². The first-order chi connectivity index (χ1) is 9.43. The molecule has 0 aliphatic heterocycles. The van der Waals surface area contributed by atoms with E-state index in [0.717, 1.165) is 12.0 Å². The number of hydrogen-bond acceptors (Lipinski definition) is 2. The third kappa shape index (κ3) is 5.65. The first kappa shape index (κ1) is 17.2. The molecule has 1 rings (SSSR count). The number of rotatable bonds is 7. The third-order valence-corrected chi connectivity index (χ3v) is 5.97. The van der Waals surface area contributed by atoms with E-state index in [9.17, 15) is 4.55 Å². The summed E-state index contributed by atoms with van der Waals surface area (Å²) >= 11 is -1.11. The van der Waals surface area contributed by atoms with Gasteiger partial charge in [0, 0.05) is 5.92 Å². The van der Waals surface area contributed by atoms with Crippen LogP contribution in [0.3, 0.4) is 0 Å². The first-order valence-corrected chi connectivity index (χ1v) is 11.3. The van der Waals surface area contributed by atoms with Crippen LogP contribution in [0.5, 0.6) is 0 Å². The zero-order valence-electron chi connectivity index (χ0n) is 12.9. The van der Waals surface area contributed by atoms with Gasteiger partial charge in [-0.15, -0.1) is 6.58 Å². The monoisotopic (exact) mass is 307 g/mol. The molecule has 1 aromatic carbocycles. The van der Waals surface area contributed by atoms with E-state index in [1.165, 1.54) is 10.8 Å². The minimum absolute atomic E-state index is 0.405. The highest BCUT2D eigenvalue weighted by molar-refractivity contribution is 7.90. The molecule has 0 aromatic heterocycles. The van der Waals surface area contributed by atoms with E-state index in [1.807, 2.05) is 6.08 Å². The van der Waals surface area contributed by atoms with Crippen LogP contribution in [-0.2, 0) is 17.8 Å². The van der Waals surface area contributed by atoms with Crippen LogP contribution < -0.4 is 5.19 Å². The molecule has 0 spiro atoms. The molecule has 0 fully saturated rings. The maximum atomic E-state index is 11.8. The van der Waals surface area contributed by atoms with Gasteiger partial charge in [-0.1, -0.05) is 60.8 Å². The molecular formula is C16H25NOSSi. The Labute approximate surface area is 127 Å². The lowest BCUT2D eigenvalue weighted by molar-refractivity contribution is 0.583. The minimum atomic E-state index is -1.11. The number of hydrogen-bond donors (Lipinski definition) is 0. The second-order valence-electron chi connectivity index (χ2n) is 5.73. The van der Waals surface area contributed by atoms with E-state index in [2.05, 4.69) is 56.1 Å². The van der Waals surface area contributed by atoms with Gasteiger partial charge in [-0.3, -0.25) is 0 Å². The van der Waals surface area contributed by atoms with Gasteiger partial charge in [0.1, 0.15) is 5.75 Å². The highest BCUT2D eigenvalue weighted by Crippen LogP contribution is 2.06.